The van der Waals surface area contributed by atoms with Gasteiger partial charge in [0.25, 0.3) is 0 Å². The summed E-state index contributed by atoms with van der Waals surface area (Å²) in [6.45, 7) is 6.81. The third-order valence-corrected chi connectivity index (χ3v) is 13.4. The Hall–Kier alpha value is -8.77. The Bertz CT molecular complexity index is 2680. The lowest BCUT2D eigenvalue weighted by molar-refractivity contribution is -0.143. The lowest BCUT2D eigenvalue weighted by atomic mass is 10.00. The number of hydrogen-bond donors (Lipinski definition) is 16. The zero-order chi connectivity index (χ0) is 63.1. The number of carbonyl (C=O) groups is 13. The van der Waals surface area contributed by atoms with Crippen LogP contribution in [0.25, 0.3) is 0 Å². The van der Waals surface area contributed by atoms with Crippen LogP contribution < -0.4 is 65.1 Å². The molecule has 2 aromatic carbocycles. The van der Waals surface area contributed by atoms with Crippen LogP contribution in [0.3, 0.4) is 0 Å². The number of carbonyl (C=O) groups excluding carboxylic acids is 12. The second-order valence-corrected chi connectivity index (χ2v) is 21.0. The quantitative estimate of drug-likeness (QED) is 0.0317. The van der Waals surface area contributed by atoms with Crippen molar-refractivity contribution in [1.82, 2.24) is 52.8 Å². The van der Waals surface area contributed by atoms with Gasteiger partial charge in [0.15, 0.2) is 0 Å². The number of nitrogens with one attached hydrogen (secondary N) is 9. The average molecular weight is 1180 g/mol. The van der Waals surface area contributed by atoms with Crippen LogP contribution in [0.4, 0.5) is 0 Å². The van der Waals surface area contributed by atoms with Gasteiger partial charge >= 0.3 is 5.97 Å². The minimum absolute atomic E-state index is 0.0208. The summed E-state index contributed by atoms with van der Waals surface area (Å²) in [6.07, 6.45) is -3.12. The van der Waals surface area contributed by atoms with E-state index in [-0.39, 0.29) is 31.6 Å². The number of aliphatic hydroxyl groups excluding tert-OH is 2. The fourth-order valence-corrected chi connectivity index (χ4v) is 8.62. The molecule has 1 heterocycles. The van der Waals surface area contributed by atoms with Gasteiger partial charge in [-0.15, -0.1) is 0 Å². The number of amides is 12. The molecule has 1 aliphatic rings. The van der Waals surface area contributed by atoms with Gasteiger partial charge in [-0.25, -0.2) is 0 Å². The van der Waals surface area contributed by atoms with Gasteiger partial charge in [0, 0.05) is 19.4 Å². The summed E-state index contributed by atoms with van der Waals surface area (Å²) in [4.78, 5) is 172. The molecule has 3 rings (SSSR count). The number of phenolic OH excluding ortho intramolecular Hbond substituents is 1. The zero-order valence-corrected chi connectivity index (χ0v) is 47.5. The molecule has 0 aromatic heterocycles. The van der Waals surface area contributed by atoms with Crippen LogP contribution in [0, 0.1) is 11.8 Å². The number of nitrogens with two attached hydrogens (primary N) is 3. The predicted molar refractivity (Wildman–Crippen MR) is 297 cm³/mol. The molecule has 0 aliphatic carbocycles. The van der Waals surface area contributed by atoms with E-state index < -0.39 is 188 Å². The van der Waals surface area contributed by atoms with Gasteiger partial charge in [-0.2, -0.15) is 0 Å². The molecule has 0 spiro atoms. The van der Waals surface area contributed by atoms with E-state index in [1.807, 2.05) is 0 Å². The molecule has 1 aliphatic heterocycles. The van der Waals surface area contributed by atoms with E-state index in [1.54, 1.807) is 56.3 Å². The second-order valence-electron chi connectivity index (χ2n) is 21.0. The molecule has 19 N–H and O–H groups in total. The third-order valence-electron chi connectivity index (χ3n) is 13.4. The number of carboxylic acid groups (broad SMARTS) is 1. The van der Waals surface area contributed by atoms with Gasteiger partial charge < -0.3 is 90.4 Å². The third kappa shape index (κ3) is 22.2. The van der Waals surface area contributed by atoms with Gasteiger partial charge in [-0.05, 0) is 74.6 Å². The number of benzene rings is 2. The Morgan fingerprint density at radius 3 is 1.73 bits per heavy atom. The minimum Gasteiger partial charge on any atom is -0.508 e. The van der Waals surface area contributed by atoms with E-state index in [1.165, 1.54) is 37.8 Å². The van der Waals surface area contributed by atoms with Gasteiger partial charge in [0.1, 0.15) is 60.1 Å². The Balaban J connectivity index is 1.64. The van der Waals surface area contributed by atoms with Crippen LogP contribution in [-0.2, 0) is 75.2 Å². The van der Waals surface area contributed by atoms with Crippen molar-refractivity contribution < 1.29 is 82.8 Å². The molecule has 2 aromatic rings. The molecule has 12 amide bonds. The van der Waals surface area contributed by atoms with Gasteiger partial charge in [-0.1, -0.05) is 70.2 Å². The van der Waals surface area contributed by atoms with E-state index in [9.17, 15) is 82.8 Å². The van der Waals surface area contributed by atoms with Crippen molar-refractivity contribution in [3.05, 3.63) is 65.7 Å². The molecule has 30 heteroatoms. The SMILES string of the molecule is CC(NC(=O)C(CCC(=O)O)NC(=O)C(CO)NC(=O)CNC(=O)C(NC(=O)C(CC(N)=O)NC(=O)C(NC(=O)C1CCCN1C(=O)C(NC(=O)C(N)Cc1ccc(O)cc1)C(C)C)C(C)O)C(C)C)C(=O)NC(Cc1ccccc1)C(N)=O. The van der Waals surface area contributed by atoms with Crippen LogP contribution >= 0.6 is 0 Å². The van der Waals surface area contributed by atoms with E-state index in [0.29, 0.717) is 17.5 Å². The normalized spacial score (nSPS) is 16.5. The number of likely N-dealkylation sites (tertiary alicyclic amines) is 1. The molecule has 30 nitrogen and oxygen atoms in total. The summed E-state index contributed by atoms with van der Waals surface area (Å²) >= 11 is 0. The fourth-order valence-electron chi connectivity index (χ4n) is 8.62. The second kappa shape index (κ2) is 33.4. The molecular weight excluding hydrogens is 1100 g/mol. The summed E-state index contributed by atoms with van der Waals surface area (Å²) in [7, 11) is 0. The lowest BCUT2D eigenvalue weighted by Crippen LogP contribution is -2.62. The average Bonchev–Trinajstić information content (AvgIpc) is 3.44. The standard InChI is InChI=1S/C54H79N13O17/c1-26(2)42(52(82)58-24-40(72)60-37(25-68)50(80)61-34(18-19-41(73)74)48(78)59-28(5)46(76)62-35(45(57)75)22-30-11-8-7-9-12-30)64-49(79)36(23-39(56)71)63-53(83)44(29(6)69)66-51(81)38-13-10-20-67(38)54(84)43(27(3)4)65-47(77)33(55)21-31-14-16-32(70)17-15-31/h7-9,11-12,14-17,26-29,33-38,42-44,68-70H,10,13,18-25,55H2,1-6H3,(H2,56,71)(H2,57,75)(H,58,82)(H,59,78)(H,60,72)(H,61,80)(H,62,76)(H,63,83)(H,64,79)(H,65,77)(H,66,81)(H,73,74). The monoisotopic (exact) mass is 1180 g/mol. The van der Waals surface area contributed by atoms with Crippen LogP contribution in [0.2, 0.25) is 0 Å². The number of primary amides is 2. The van der Waals surface area contributed by atoms with Crippen molar-refractivity contribution in [1.29, 1.82) is 0 Å². The largest absolute Gasteiger partial charge is 0.508 e. The van der Waals surface area contributed by atoms with Crippen LogP contribution in [0.15, 0.2) is 54.6 Å². The predicted octanol–water partition coefficient (Wildman–Crippen LogP) is -5.58. The Labute approximate surface area is 484 Å². The summed E-state index contributed by atoms with van der Waals surface area (Å²) in [5, 5.41) is 60.8. The minimum atomic E-state index is -1.82. The lowest BCUT2D eigenvalue weighted by Gasteiger charge is -2.32. The molecule has 0 saturated carbocycles. The maximum absolute atomic E-state index is 14.0. The molecule has 84 heavy (non-hydrogen) atoms. The number of aliphatic hydroxyl groups is 2. The number of rotatable bonds is 33. The number of carboxylic acids is 1. The number of aromatic hydroxyl groups is 1. The van der Waals surface area contributed by atoms with Crippen LogP contribution in [0.1, 0.15) is 84.8 Å². The first-order valence-corrected chi connectivity index (χ1v) is 27.1. The zero-order valence-electron chi connectivity index (χ0n) is 47.5. The van der Waals surface area contributed by atoms with Gasteiger partial charge in [0.2, 0.25) is 70.9 Å². The topological polar surface area (TPSA) is 492 Å². The fraction of sp³-hybridized carbons (Fsp3) is 0.537. The van der Waals surface area contributed by atoms with Crippen molar-refractivity contribution in [3.63, 3.8) is 0 Å². The van der Waals surface area contributed by atoms with Gasteiger partial charge in [0.05, 0.1) is 31.7 Å². The van der Waals surface area contributed by atoms with Crippen molar-refractivity contribution in [3.8, 4) is 5.75 Å². The van der Waals surface area contributed by atoms with E-state index in [4.69, 9.17) is 17.2 Å². The molecule has 1 fully saturated rings. The highest BCUT2D eigenvalue weighted by atomic mass is 16.4. The first-order valence-electron chi connectivity index (χ1n) is 27.1. The smallest absolute Gasteiger partial charge is 0.303 e. The van der Waals surface area contributed by atoms with E-state index >= 15 is 0 Å². The number of phenols is 1. The van der Waals surface area contributed by atoms with Crippen molar-refractivity contribution >= 4 is 76.9 Å². The van der Waals surface area contributed by atoms with Crippen LogP contribution in [-0.4, -0.2) is 188 Å². The van der Waals surface area contributed by atoms with Crippen LogP contribution in [0.5, 0.6) is 5.75 Å². The molecular formula is C54H79N13O17. The number of nitrogens with zero attached hydrogens (tertiary/aromatic N) is 1. The van der Waals surface area contributed by atoms with E-state index in [2.05, 4.69) is 47.9 Å². The molecule has 0 bridgehead atoms. The Morgan fingerprint density at radius 1 is 0.607 bits per heavy atom. The van der Waals surface area contributed by atoms with Crippen molar-refractivity contribution in [2.75, 3.05) is 19.7 Å². The van der Waals surface area contributed by atoms with Gasteiger partial charge in [-0.3, -0.25) is 62.3 Å². The molecule has 11 unspecified atom stereocenters. The summed E-state index contributed by atoms with van der Waals surface area (Å²) in [5.74, 6) is -14.2. The summed E-state index contributed by atoms with van der Waals surface area (Å²) in [5.41, 5.74) is 18.4. The first kappa shape index (κ1) is 69.5. The maximum atomic E-state index is 14.0. The Morgan fingerprint density at radius 2 is 1.17 bits per heavy atom. The first-order chi connectivity index (χ1) is 39.4. The molecule has 462 valence electrons. The summed E-state index contributed by atoms with van der Waals surface area (Å²) < 4.78 is 0. The molecule has 11 atom stereocenters. The summed E-state index contributed by atoms with van der Waals surface area (Å²) in [6, 6.07) is 0.107. The number of aliphatic carboxylic acids is 1. The number of hydrogen-bond acceptors (Lipinski definition) is 17. The van der Waals surface area contributed by atoms with Crippen molar-refractivity contribution in [2.45, 2.75) is 153 Å². The highest BCUT2D eigenvalue weighted by Crippen LogP contribution is 2.22. The Kier molecular flexibility index (Phi) is 27.6. The van der Waals surface area contributed by atoms with Crippen molar-refractivity contribution in [2.24, 2.45) is 29.0 Å². The molecule has 0 radical (unpaired) electrons. The highest BCUT2D eigenvalue weighted by molar-refractivity contribution is 6.00. The molecule has 1 saturated heterocycles. The van der Waals surface area contributed by atoms with E-state index in [0.717, 1.165) is 6.92 Å². The maximum Gasteiger partial charge on any atom is 0.303 e. The highest BCUT2D eigenvalue weighted by Gasteiger charge is 2.42.